The fraction of sp³-hybridized carbons (Fsp3) is 0.148. The summed E-state index contributed by atoms with van der Waals surface area (Å²) >= 11 is 0. The van der Waals surface area contributed by atoms with Crippen LogP contribution in [0.15, 0.2) is 85.1 Å². The second-order valence-corrected chi connectivity index (χ2v) is 7.34. The second kappa shape index (κ2) is 9.35. The third kappa shape index (κ3) is 4.69. The molecule has 0 amide bonds. The van der Waals surface area contributed by atoms with E-state index in [1.54, 1.807) is 13.2 Å². The minimum atomic E-state index is -0.361. The average Bonchev–Trinajstić information content (AvgIpc) is 3.19. The Morgan fingerprint density at radius 3 is 2.42 bits per heavy atom. The van der Waals surface area contributed by atoms with E-state index in [2.05, 4.69) is 59.3 Å². The molecule has 31 heavy (non-hydrogen) atoms. The first-order valence-corrected chi connectivity index (χ1v) is 10.3. The van der Waals surface area contributed by atoms with E-state index in [-0.39, 0.29) is 5.97 Å². The van der Waals surface area contributed by atoms with Crippen LogP contribution in [0.4, 0.5) is 0 Å². The van der Waals surface area contributed by atoms with Gasteiger partial charge >= 0.3 is 5.97 Å². The number of benzene rings is 3. The number of carbonyl (C=O) groups is 1. The number of carbonyl (C=O) groups excluding carboxylic acids is 1. The highest BCUT2D eigenvalue weighted by molar-refractivity contribution is 5.91. The van der Waals surface area contributed by atoms with Crippen LogP contribution in [-0.4, -0.2) is 24.8 Å². The molecule has 4 heteroatoms. The van der Waals surface area contributed by atoms with Gasteiger partial charge in [-0.2, -0.15) is 0 Å². The van der Waals surface area contributed by atoms with Gasteiger partial charge in [0.1, 0.15) is 5.75 Å². The summed E-state index contributed by atoms with van der Waals surface area (Å²) in [5.41, 5.74) is 5.75. The Morgan fingerprint density at radius 1 is 0.935 bits per heavy atom. The van der Waals surface area contributed by atoms with Gasteiger partial charge in [0.15, 0.2) is 0 Å². The molecule has 0 aliphatic rings. The molecule has 4 rings (SSSR count). The zero-order chi connectivity index (χ0) is 21.6. The van der Waals surface area contributed by atoms with Crippen LogP contribution < -0.4 is 4.74 Å². The van der Waals surface area contributed by atoms with Crippen molar-refractivity contribution in [1.82, 2.24) is 4.57 Å². The van der Waals surface area contributed by atoms with Crippen LogP contribution in [0.3, 0.4) is 0 Å². The number of nitrogens with zero attached hydrogens (tertiary/aromatic N) is 1. The molecule has 0 saturated heterocycles. The molecular weight excluding hydrogens is 386 g/mol. The Bertz CT molecular complexity index is 1200. The van der Waals surface area contributed by atoms with Crippen LogP contribution in [0.25, 0.3) is 22.7 Å². The van der Waals surface area contributed by atoms with E-state index in [0.717, 1.165) is 35.4 Å². The Morgan fingerprint density at radius 2 is 1.71 bits per heavy atom. The topological polar surface area (TPSA) is 40.5 Å². The van der Waals surface area contributed by atoms with Gasteiger partial charge in [0, 0.05) is 23.3 Å². The summed E-state index contributed by atoms with van der Waals surface area (Å²) in [6.45, 7) is 0. The van der Waals surface area contributed by atoms with Gasteiger partial charge in [-0.05, 0) is 72.0 Å². The van der Waals surface area contributed by atoms with Crippen LogP contribution in [-0.2, 0) is 22.4 Å². The molecule has 0 fully saturated rings. The lowest BCUT2D eigenvalue weighted by Crippen LogP contribution is -1.93. The summed E-state index contributed by atoms with van der Waals surface area (Å²) < 4.78 is 12.2. The molecule has 3 aromatic carbocycles. The van der Waals surface area contributed by atoms with E-state index in [9.17, 15) is 4.79 Å². The summed E-state index contributed by atoms with van der Waals surface area (Å²) in [6, 6.07) is 24.8. The Balaban J connectivity index is 1.74. The first-order chi connectivity index (χ1) is 15.2. The zero-order valence-corrected chi connectivity index (χ0v) is 17.7. The largest absolute Gasteiger partial charge is 0.497 e. The first kappa shape index (κ1) is 20.5. The monoisotopic (exact) mass is 411 g/mol. The third-order valence-corrected chi connectivity index (χ3v) is 5.40. The molecule has 1 aromatic heterocycles. The number of hydrogen-bond acceptors (Lipinski definition) is 3. The molecule has 0 unspecified atom stereocenters. The van der Waals surface area contributed by atoms with Crippen molar-refractivity contribution in [1.29, 1.82) is 0 Å². The number of ether oxygens (including phenoxy) is 2. The highest BCUT2D eigenvalue weighted by Crippen LogP contribution is 2.28. The number of aromatic nitrogens is 1. The molecular formula is C27H25NO3. The highest BCUT2D eigenvalue weighted by Gasteiger charge is 2.11. The van der Waals surface area contributed by atoms with E-state index in [0.29, 0.717) is 0 Å². The maximum Gasteiger partial charge on any atom is 0.330 e. The smallest absolute Gasteiger partial charge is 0.330 e. The number of aryl methyl sites for hydroxylation is 2. The van der Waals surface area contributed by atoms with E-state index in [1.807, 2.05) is 24.3 Å². The van der Waals surface area contributed by atoms with Gasteiger partial charge in [-0.25, -0.2) is 4.79 Å². The SMILES string of the molecule is COC(=O)/C=C/c1ccc2c(c1)c(CCc1ccccc1)cn2-c1ccc(OC)cc1. The van der Waals surface area contributed by atoms with Gasteiger partial charge in [-0.1, -0.05) is 36.4 Å². The van der Waals surface area contributed by atoms with Crippen LogP contribution >= 0.6 is 0 Å². The van der Waals surface area contributed by atoms with Crippen LogP contribution in [0.1, 0.15) is 16.7 Å². The molecule has 0 N–H and O–H groups in total. The van der Waals surface area contributed by atoms with Crippen molar-refractivity contribution in [3.8, 4) is 11.4 Å². The molecule has 4 aromatic rings. The van der Waals surface area contributed by atoms with Crippen molar-refractivity contribution >= 4 is 22.9 Å². The summed E-state index contributed by atoms with van der Waals surface area (Å²) in [6.07, 6.45) is 7.34. The van der Waals surface area contributed by atoms with Crippen molar-refractivity contribution in [2.45, 2.75) is 12.8 Å². The lowest BCUT2D eigenvalue weighted by atomic mass is 10.0. The lowest BCUT2D eigenvalue weighted by Gasteiger charge is -2.07. The first-order valence-electron chi connectivity index (χ1n) is 10.3. The van der Waals surface area contributed by atoms with E-state index >= 15 is 0 Å². The molecule has 0 radical (unpaired) electrons. The van der Waals surface area contributed by atoms with Gasteiger partial charge in [0.25, 0.3) is 0 Å². The number of fused-ring (bicyclic) bond motifs is 1. The highest BCUT2D eigenvalue weighted by atomic mass is 16.5. The van der Waals surface area contributed by atoms with E-state index in [1.165, 1.54) is 29.7 Å². The van der Waals surface area contributed by atoms with Crippen molar-refractivity contribution in [3.05, 3.63) is 102 Å². The molecule has 0 atom stereocenters. The molecule has 1 heterocycles. The standard InChI is InChI=1S/C27H25NO3/c1-30-24-14-12-23(13-15-24)28-19-22(11-8-20-6-4-3-5-7-20)25-18-21(9-16-26(25)28)10-17-27(29)31-2/h3-7,9-10,12-19H,8,11H2,1-2H3/b17-10+. The molecule has 156 valence electrons. The van der Waals surface area contributed by atoms with Crippen LogP contribution in [0, 0.1) is 0 Å². The molecule has 0 aliphatic heterocycles. The average molecular weight is 412 g/mol. The molecule has 0 spiro atoms. The number of rotatable bonds is 7. The summed E-state index contributed by atoms with van der Waals surface area (Å²) in [7, 11) is 3.05. The van der Waals surface area contributed by atoms with Crippen molar-refractivity contribution < 1.29 is 14.3 Å². The summed E-state index contributed by atoms with van der Waals surface area (Å²) in [5.74, 6) is 0.472. The number of hydrogen-bond donors (Lipinski definition) is 0. The van der Waals surface area contributed by atoms with Gasteiger partial charge in [-0.3, -0.25) is 0 Å². The van der Waals surface area contributed by atoms with Gasteiger partial charge in [0.2, 0.25) is 0 Å². The molecule has 0 bridgehead atoms. The second-order valence-electron chi connectivity index (χ2n) is 7.34. The Kier molecular flexibility index (Phi) is 6.18. The quantitative estimate of drug-likeness (QED) is 0.293. The van der Waals surface area contributed by atoms with E-state index < -0.39 is 0 Å². The molecule has 0 saturated carbocycles. The predicted octanol–water partition coefficient (Wildman–Crippen LogP) is 5.61. The van der Waals surface area contributed by atoms with Crippen molar-refractivity contribution in [2.24, 2.45) is 0 Å². The minimum Gasteiger partial charge on any atom is -0.497 e. The van der Waals surface area contributed by atoms with Crippen molar-refractivity contribution in [3.63, 3.8) is 0 Å². The third-order valence-electron chi connectivity index (χ3n) is 5.40. The fourth-order valence-corrected chi connectivity index (χ4v) is 3.73. The van der Waals surface area contributed by atoms with Gasteiger partial charge in [-0.15, -0.1) is 0 Å². The number of methoxy groups -OCH3 is 2. The molecule has 4 nitrogen and oxygen atoms in total. The summed E-state index contributed by atoms with van der Waals surface area (Å²) in [4.78, 5) is 11.5. The Hall–Kier alpha value is -3.79. The zero-order valence-electron chi connectivity index (χ0n) is 17.7. The maximum absolute atomic E-state index is 11.5. The fourth-order valence-electron chi connectivity index (χ4n) is 3.73. The maximum atomic E-state index is 11.5. The lowest BCUT2D eigenvalue weighted by molar-refractivity contribution is -0.134. The van der Waals surface area contributed by atoms with E-state index in [4.69, 9.17) is 9.47 Å². The minimum absolute atomic E-state index is 0.361. The van der Waals surface area contributed by atoms with Crippen molar-refractivity contribution in [2.75, 3.05) is 14.2 Å². The van der Waals surface area contributed by atoms with Gasteiger partial charge < -0.3 is 14.0 Å². The van der Waals surface area contributed by atoms with Crippen LogP contribution in [0.5, 0.6) is 5.75 Å². The molecule has 0 aliphatic carbocycles. The predicted molar refractivity (Wildman–Crippen MR) is 125 cm³/mol. The number of esters is 1. The van der Waals surface area contributed by atoms with Crippen LogP contribution in [0.2, 0.25) is 0 Å². The summed E-state index contributed by atoms with van der Waals surface area (Å²) in [5, 5.41) is 1.18. The normalized spacial score (nSPS) is 11.2. The Labute approximate surface area is 182 Å². The van der Waals surface area contributed by atoms with Gasteiger partial charge in [0.05, 0.1) is 19.7 Å².